The molecule has 2 rings (SSSR count). The van der Waals surface area contributed by atoms with Crippen molar-refractivity contribution in [1.29, 1.82) is 0 Å². The molecule has 1 atom stereocenters. The summed E-state index contributed by atoms with van der Waals surface area (Å²) < 4.78 is 0. The SMILES string of the molecule is CC(NC(=O)NC1CCC1)c1nn[nH]n1. The van der Waals surface area contributed by atoms with E-state index >= 15 is 0 Å². The molecule has 1 aromatic heterocycles. The molecule has 1 aliphatic carbocycles. The topological polar surface area (TPSA) is 95.6 Å². The van der Waals surface area contributed by atoms with Gasteiger partial charge in [-0.25, -0.2) is 4.79 Å². The van der Waals surface area contributed by atoms with E-state index in [1.807, 2.05) is 6.92 Å². The molecule has 1 fully saturated rings. The fourth-order valence-electron chi connectivity index (χ4n) is 1.39. The number of hydrogen-bond acceptors (Lipinski definition) is 4. The lowest BCUT2D eigenvalue weighted by Gasteiger charge is -2.26. The Bertz CT molecular complexity index is 320. The number of carbonyl (C=O) groups excluding carboxylic acids is 1. The minimum absolute atomic E-state index is 0.169. The zero-order valence-corrected chi connectivity index (χ0v) is 8.53. The molecule has 1 saturated carbocycles. The highest BCUT2D eigenvalue weighted by Crippen LogP contribution is 2.17. The van der Waals surface area contributed by atoms with E-state index in [1.54, 1.807) is 0 Å². The summed E-state index contributed by atoms with van der Waals surface area (Å²) in [6.45, 7) is 1.81. The predicted molar refractivity (Wildman–Crippen MR) is 51.9 cm³/mol. The standard InChI is InChI=1S/C8H14N6O/c1-5(7-11-13-14-12-7)9-8(15)10-6-3-2-4-6/h5-6H,2-4H2,1H3,(H2,9,10,15)(H,11,12,13,14). The number of urea groups is 1. The van der Waals surface area contributed by atoms with Gasteiger partial charge < -0.3 is 10.6 Å². The number of nitrogens with zero attached hydrogens (tertiary/aromatic N) is 3. The number of aromatic nitrogens is 4. The third-order valence-electron chi connectivity index (χ3n) is 2.54. The van der Waals surface area contributed by atoms with Crippen LogP contribution in [-0.2, 0) is 0 Å². The van der Waals surface area contributed by atoms with Crippen LogP contribution >= 0.6 is 0 Å². The van der Waals surface area contributed by atoms with Gasteiger partial charge in [0.05, 0.1) is 6.04 Å². The Morgan fingerprint density at radius 1 is 1.60 bits per heavy atom. The van der Waals surface area contributed by atoms with Crippen LogP contribution in [0.2, 0.25) is 0 Å². The minimum atomic E-state index is -0.233. The van der Waals surface area contributed by atoms with Gasteiger partial charge in [-0.2, -0.15) is 5.21 Å². The number of nitrogens with one attached hydrogen (secondary N) is 3. The second-order valence-electron chi connectivity index (χ2n) is 3.74. The molecule has 7 heteroatoms. The molecule has 1 unspecified atom stereocenters. The summed E-state index contributed by atoms with van der Waals surface area (Å²) >= 11 is 0. The van der Waals surface area contributed by atoms with Gasteiger partial charge in [0.25, 0.3) is 0 Å². The van der Waals surface area contributed by atoms with Crippen LogP contribution in [0.1, 0.15) is 38.1 Å². The number of carbonyl (C=O) groups is 1. The lowest BCUT2D eigenvalue weighted by Crippen LogP contribution is -2.45. The Morgan fingerprint density at radius 2 is 2.40 bits per heavy atom. The van der Waals surface area contributed by atoms with Crippen LogP contribution in [0.15, 0.2) is 0 Å². The van der Waals surface area contributed by atoms with Crippen molar-refractivity contribution in [1.82, 2.24) is 31.3 Å². The second-order valence-corrected chi connectivity index (χ2v) is 3.74. The fourth-order valence-corrected chi connectivity index (χ4v) is 1.39. The molecule has 1 aliphatic rings. The third kappa shape index (κ3) is 2.42. The van der Waals surface area contributed by atoms with Crippen LogP contribution in [-0.4, -0.2) is 32.7 Å². The van der Waals surface area contributed by atoms with Crippen LogP contribution in [0.3, 0.4) is 0 Å². The highest BCUT2D eigenvalue weighted by Gasteiger charge is 2.20. The highest BCUT2D eigenvalue weighted by atomic mass is 16.2. The van der Waals surface area contributed by atoms with E-state index in [-0.39, 0.29) is 12.1 Å². The normalized spacial score (nSPS) is 17.9. The van der Waals surface area contributed by atoms with E-state index in [9.17, 15) is 4.79 Å². The number of amides is 2. The van der Waals surface area contributed by atoms with Crippen molar-refractivity contribution in [3.8, 4) is 0 Å². The molecule has 0 spiro atoms. The fraction of sp³-hybridized carbons (Fsp3) is 0.750. The molecule has 3 N–H and O–H groups in total. The quantitative estimate of drug-likeness (QED) is 0.660. The molecule has 82 valence electrons. The molecule has 1 aromatic rings. The molecular weight excluding hydrogens is 196 g/mol. The Morgan fingerprint density at radius 3 is 2.93 bits per heavy atom. The van der Waals surface area contributed by atoms with Gasteiger partial charge in [-0.15, -0.1) is 10.2 Å². The van der Waals surface area contributed by atoms with Crippen LogP contribution < -0.4 is 10.6 Å². The molecule has 2 amide bonds. The summed E-state index contributed by atoms with van der Waals surface area (Å²) in [5.41, 5.74) is 0. The lowest BCUT2D eigenvalue weighted by atomic mass is 9.93. The first-order chi connectivity index (χ1) is 7.25. The second kappa shape index (κ2) is 4.24. The maximum absolute atomic E-state index is 11.4. The Labute approximate surface area is 87.0 Å². The van der Waals surface area contributed by atoms with Crippen molar-refractivity contribution in [3.63, 3.8) is 0 Å². The zero-order valence-electron chi connectivity index (χ0n) is 8.53. The number of tetrazole rings is 1. The van der Waals surface area contributed by atoms with Gasteiger partial charge in [0, 0.05) is 6.04 Å². The first kappa shape index (κ1) is 9.88. The van der Waals surface area contributed by atoms with E-state index in [2.05, 4.69) is 31.3 Å². The highest BCUT2D eigenvalue weighted by molar-refractivity contribution is 5.74. The van der Waals surface area contributed by atoms with E-state index < -0.39 is 0 Å². The van der Waals surface area contributed by atoms with Crippen LogP contribution in [0.25, 0.3) is 0 Å². The van der Waals surface area contributed by atoms with Crippen LogP contribution in [0, 0.1) is 0 Å². The van der Waals surface area contributed by atoms with Crippen molar-refractivity contribution in [3.05, 3.63) is 5.82 Å². The molecule has 1 heterocycles. The smallest absolute Gasteiger partial charge is 0.315 e. The lowest BCUT2D eigenvalue weighted by molar-refractivity contribution is 0.225. The first-order valence-electron chi connectivity index (χ1n) is 5.06. The predicted octanol–water partition coefficient (Wildman–Crippen LogP) is 0.112. The molecule has 0 radical (unpaired) electrons. The summed E-state index contributed by atoms with van der Waals surface area (Å²) in [6, 6.07) is -0.0664. The van der Waals surface area contributed by atoms with Crippen molar-refractivity contribution >= 4 is 6.03 Å². The van der Waals surface area contributed by atoms with Gasteiger partial charge in [0.1, 0.15) is 0 Å². The average molecular weight is 210 g/mol. The zero-order chi connectivity index (χ0) is 10.7. The first-order valence-corrected chi connectivity index (χ1v) is 5.06. The third-order valence-corrected chi connectivity index (χ3v) is 2.54. The van der Waals surface area contributed by atoms with Crippen LogP contribution in [0.5, 0.6) is 0 Å². The summed E-state index contributed by atoms with van der Waals surface area (Å²) in [5, 5.41) is 19.0. The summed E-state index contributed by atoms with van der Waals surface area (Å²) in [5.74, 6) is 0.485. The number of rotatable bonds is 3. The van der Waals surface area contributed by atoms with Gasteiger partial charge in [0.15, 0.2) is 5.82 Å². The molecule has 0 aromatic carbocycles. The van der Waals surface area contributed by atoms with Crippen molar-refractivity contribution in [2.75, 3.05) is 0 Å². The van der Waals surface area contributed by atoms with E-state index in [0.717, 1.165) is 12.8 Å². The van der Waals surface area contributed by atoms with Crippen molar-refractivity contribution < 1.29 is 4.79 Å². The van der Waals surface area contributed by atoms with Gasteiger partial charge in [0.2, 0.25) is 0 Å². The minimum Gasteiger partial charge on any atom is -0.335 e. The van der Waals surface area contributed by atoms with Crippen molar-refractivity contribution in [2.24, 2.45) is 0 Å². The number of hydrogen-bond donors (Lipinski definition) is 3. The molecule has 7 nitrogen and oxygen atoms in total. The van der Waals surface area contributed by atoms with Gasteiger partial charge >= 0.3 is 6.03 Å². The van der Waals surface area contributed by atoms with Gasteiger partial charge in [-0.05, 0) is 26.2 Å². The van der Waals surface area contributed by atoms with E-state index in [0.29, 0.717) is 11.9 Å². The largest absolute Gasteiger partial charge is 0.335 e. The van der Waals surface area contributed by atoms with Gasteiger partial charge in [-0.1, -0.05) is 5.21 Å². The maximum atomic E-state index is 11.4. The molecular formula is C8H14N6O. The van der Waals surface area contributed by atoms with E-state index in [1.165, 1.54) is 6.42 Å². The van der Waals surface area contributed by atoms with Crippen LogP contribution in [0.4, 0.5) is 4.79 Å². The number of aromatic amines is 1. The van der Waals surface area contributed by atoms with Crippen molar-refractivity contribution in [2.45, 2.75) is 38.3 Å². The molecule has 0 aliphatic heterocycles. The maximum Gasteiger partial charge on any atom is 0.315 e. The average Bonchev–Trinajstić information content (AvgIpc) is 2.64. The Hall–Kier alpha value is -1.66. The number of H-pyrrole nitrogens is 1. The Balaban J connectivity index is 1.78. The molecule has 0 saturated heterocycles. The summed E-state index contributed by atoms with van der Waals surface area (Å²) in [6.07, 6.45) is 3.35. The Kier molecular flexibility index (Phi) is 2.79. The summed E-state index contributed by atoms with van der Waals surface area (Å²) in [4.78, 5) is 11.4. The monoisotopic (exact) mass is 210 g/mol. The molecule has 0 bridgehead atoms. The summed E-state index contributed by atoms with van der Waals surface area (Å²) in [7, 11) is 0. The van der Waals surface area contributed by atoms with E-state index in [4.69, 9.17) is 0 Å². The molecule has 15 heavy (non-hydrogen) atoms. The van der Waals surface area contributed by atoms with Gasteiger partial charge in [-0.3, -0.25) is 0 Å².